The van der Waals surface area contributed by atoms with Gasteiger partial charge in [0.1, 0.15) is 16.9 Å². The number of hydrogen-bond donors (Lipinski definition) is 2. The highest BCUT2D eigenvalue weighted by Gasteiger charge is 2.33. The molecule has 8 nitrogen and oxygen atoms in total. The van der Waals surface area contributed by atoms with Gasteiger partial charge in [-0.2, -0.15) is 0 Å². The first-order chi connectivity index (χ1) is 15.9. The minimum atomic E-state index is -0.607. The maximum atomic E-state index is 12.9. The number of nitrogens with zero attached hydrogens (tertiary/aromatic N) is 1. The lowest BCUT2D eigenvalue weighted by Crippen LogP contribution is -2.38. The van der Waals surface area contributed by atoms with E-state index in [1.54, 1.807) is 35.6 Å². The fraction of sp³-hybridized carbons (Fsp3) is 0.250. The van der Waals surface area contributed by atoms with Gasteiger partial charge in [0, 0.05) is 17.0 Å². The van der Waals surface area contributed by atoms with Crippen molar-refractivity contribution in [2.45, 2.75) is 32.4 Å². The lowest BCUT2D eigenvalue weighted by Gasteiger charge is -2.27. The van der Waals surface area contributed by atoms with Crippen LogP contribution in [0, 0.1) is 16.0 Å². The number of anilines is 1. The summed E-state index contributed by atoms with van der Waals surface area (Å²) in [4.78, 5) is 36.7. The van der Waals surface area contributed by atoms with E-state index in [-0.39, 0.29) is 23.3 Å². The number of rotatable bonds is 4. The van der Waals surface area contributed by atoms with Gasteiger partial charge in [-0.3, -0.25) is 14.9 Å². The number of hydrogen-bond acceptors (Lipinski definition) is 7. The van der Waals surface area contributed by atoms with Crippen LogP contribution >= 0.6 is 11.3 Å². The predicted molar refractivity (Wildman–Crippen MR) is 124 cm³/mol. The Morgan fingerprint density at radius 1 is 1.12 bits per heavy atom. The summed E-state index contributed by atoms with van der Waals surface area (Å²) in [6.45, 7) is 2.24. The minimum Gasteiger partial charge on any atom is -0.423 e. The highest BCUT2D eigenvalue weighted by atomic mass is 32.1. The van der Waals surface area contributed by atoms with Gasteiger partial charge in [0.2, 0.25) is 0 Å². The first-order valence-corrected chi connectivity index (χ1v) is 11.5. The third-order valence-electron chi connectivity index (χ3n) is 6.03. The summed E-state index contributed by atoms with van der Waals surface area (Å²) in [5, 5.41) is 18.1. The van der Waals surface area contributed by atoms with Crippen molar-refractivity contribution in [1.29, 1.82) is 0 Å². The van der Waals surface area contributed by atoms with Gasteiger partial charge in [0.25, 0.3) is 11.6 Å². The van der Waals surface area contributed by atoms with Crippen LogP contribution in [0.2, 0.25) is 0 Å². The van der Waals surface area contributed by atoms with Crippen molar-refractivity contribution in [3.63, 3.8) is 0 Å². The third kappa shape index (κ3) is 4.07. The van der Waals surface area contributed by atoms with Crippen molar-refractivity contribution in [2.75, 3.05) is 5.32 Å². The van der Waals surface area contributed by atoms with Crippen LogP contribution in [0.3, 0.4) is 0 Å². The molecule has 1 aliphatic heterocycles. The molecule has 1 aliphatic carbocycles. The monoisotopic (exact) mass is 463 g/mol. The lowest BCUT2D eigenvalue weighted by molar-refractivity contribution is -0.384. The second-order valence-electron chi connectivity index (χ2n) is 8.37. The zero-order valence-electron chi connectivity index (χ0n) is 17.8. The molecule has 2 atom stereocenters. The van der Waals surface area contributed by atoms with E-state index in [1.165, 1.54) is 34.7 Å². The molecule has 168 valence electrons. The normalized spacial score (nSPS) is 19.0. The van der Waals surface area contributed by atoms with Crippen LogP contribution in [-0.2, 0) is 12.8 Å². The molecule has 5 rings (SSSR count). The number of fused-ring (bicyclic) bond motifs is 3. The number of carbonyl (C=O) groups excluding carboxylic acids is 2. The Morgan fingerprint density at radius 2 is 1.85 bits per heavy atom. The van der Waals surface area contributed by atoms with Crippen LogP contribution in [0.1, 0.15) is 56.2 Å². The van der Waals surface area contributed by atoms with Crippen molar-refractivity contribution < 1.29 is 19.2 Å². The zero-order valence-corrected chi connectivity index (χ0v) is 18.6. The number of amides is 1. The number of benzene rings is 2. The van der Waals surface area contributed by atoms with E-state index in [0.717, 1.165) is 35.4 Å². The standard InChI is InChI=1S/C24H21N3O5S/c1-13-2-11-18-19(12-13)33-23-20(18)22(28)25-21(26-23)14-5-9-17(10-6-14)32-24(29)15-3-7-16(8-4-15)27(30)31/h3-10,13,21,26H,2,11-12H2,1H3,(H,25,28). The molecule has 3 aromatic rings. The topological polar surface area (TPSA) is 111 Å². The number of nitrogens with one attached hydrogen (secondary N) is 2. The van der Waals surface area contributed by atoms with E-state index in [9.17, 15) is 19.7 Å². The Kier molecular flexibility index (Phi) is 5.33. The number of thiophene rings is 1. The van der Waals surface area contributed by atoms with Crippen LogP contribution in [0.15, 0.2) is 48.5 Å². The largest absolute Gasteiger partial charge is 0.423 e. The van der Waals surface area contributed by atoms with E-state index in [0.29, 0.717) is 11.7 Å². The predicted octanol–water partition coefficient (Wildman–Crippen LogP) is 4.85. The van der Waals surface area contributed by atoms with Gasteiger partial charge in [0.05, 0.1) is 16.1 Å². The molecule has 0 radical (unpaired) electrons. The molecule has 2 unspecified atom stereocenters. The summed E-state index contributed by atoms with van der Waals surface area (Å²) in [5.74, 6) is 0.308. The van der Waals surface area contributed by atoms with E-state index < -0.39 is 10.9 Å². The van der Waals surface area contributed by atoms with Crippen LogP contribution in [0.4, 0.5) is 10.7 Å². The quantitative estimate of drug-likeness (QED) is 0.248. The van der Waals surface area contributed by atoms with Crippen molar-refractivity contribution in [3.05, 3.63) is 85.8 Å². The summed E-state index contributed by atoms with van der Waals surface area (Å²) in [7, 11) is 0. The smallest absolute Gasteiger partial charge is 0.343 e. The number of nitro groups is 1. The molecule has 1 amide bonds. The summed E-state index contributed by atoms with van der Waals surface area (Å²) >= 11 is 1.67. The Hall–Kier alpha value is -3.72. The summed E-state index contributed by atoms with van der Waals surface area (Å²) in [5.41, 5.74) is 2.93. The molecular formula is C24H21N3O5S. The van der Waals surface area contributed by atoms with E-state index in [2.05, 4.69) is 17.6 Å². The second kappa shape index (κ2) is 8.32. The molecule has 2 heterocycles. The average Bonchev–Trinajstić information content (AvgIpc) is 3.17. The highest BCUT2D eigenvalue weighted by Crippen LogP contribution is 2.42. The fourth-order valence-corrected chi connectivity index (χ4v) is 5.68. The molecule has 33 heavy (non-hydrogen) atoms. The minimum absolute atomic E-state index is 0.0607. The van der Waals surface area contributed by atoms with Crippen molar-refractivity contribution in [3.8, 4) is 5.75 Å². The van der Waals surface area contributed by atoms with Crippen molar-refractivity contribution in [1.82, 2.24) is 5.32 Å². The second-order valence-corrected chi connectivity index (χ2v) is 9.47. The van der Waals surface area contributed by atoms with Gasteiger partial charge < -0.3 is 15.4 Å². The highest BCUT2D eigenvalue weighted by molar-refractivity contribution is 7.16. The number of ether oxygens (including phenoxy) is 1. The summed E-state index contributed by atoms with van der Waals surface area (Å²) in [6, 6.07) is 12.1. The Morgan fingerprint density at radius 3 is 2.55 bits per heavy atom. The molecule has 0 spiro atoms. The SMILES string of the molecule is CC1CCc2c(sc3c2C(=O)NC(c2ccc(OC(=O)c4ccc([N+](=O)[O-])cc4)cc2)N3)C1. The molecule has 0 saturated carbocycles. The van der Waals surface area contributed by atoms with Crippen molar-refractivity contribution in [2.24, 2.45) is 5.92 Å². The number of nitro benzene ring substituents is 1. The molecular weight excluding hydrogens is 442 g/mol. The lowest BCUT2D eigenvalue weighted by atomic mass is 9.88. The zero-order chi connectivity index (χ0) is 23.1. The van der Waals surface area contributed by atoms with Crippen LogP contribution in [0.5, 0.6) is 5.75 Å². The number of carbonyl (C=O) groups is 2. The van der Waals surface area contributed by atoms with Crippen molar-refractivity contribution >= 4 is 33.9 Å². The number of non-ortho nitro benzene ring substituents is 1. The molecule has 0 bridgehead atoms. The van der Waals surface area contributed by atoms with E-state index in [1.807, 2.05) is 0 Å². The van der Waals surface area contributed by atoms with Gasteiger partial charge in [-0.1, -0.05) is 19.1 Å². The molecule has 2 aromatic carbocycles. The molecule has 9 heteroatoms. The molecule has 2 N–H and O–H groups in total. The summed E-state index contributed by atoms with van der Waals surface area (Å²) < 4.78 is 5.37. The van der Waals surface area contributed by atoms with Gasteiger partial charge >= 0.3 is 5.97 Å². The first-order valence-electron chi connectivity index (χ1n) is 10.7. The van der Waals surface area contributed by atoms with E-state index >= 15 is 0 Å². The van der Waals surface area contributed by atoms with Gasteiger partial charge in [-0.25, -0.2) is 4.79 Å². The van der Waals surface area contributed by atoms with Crippen LogP contribution in [0.25, 0.3) is 0 Å². The maximum Gasteiger partial charge on any atom is 0.343 e. The van der Waals surface area contributed by atoms with Gasteiger partial charge in [-0.15, -0.1) is 11.3 Å². The summed E-state index contributed by atoms with van der Waals surface area (Å²) in [6.07, 6.45) is 2.69. The first kappa shape index (κ1) is 21.1. The van der Waals surface area contributed by atoms with Gasteiger partial charge in [-0.05, 0) is 60.6 Å². The molecule has 1 aromatic heterocycles. The molecule has 2 aliphatic rings. The molecule has 0 fully saturated rings. The molecule has 0 saturated heterocycles. The number of esters is 1. The van der Waals surface area contributed by atoms with Gasteiger partial charge in [0.15, 0.2) is 0 Å². The Bertz CT molecular complexity index is 1250. The third-order valence-corrected chi connectivity index (χ3v) is 7.21. The Labute approximate surface area is 193 Å². The van der Waals surface area contributed by atoms with Crippen LogP contribution < -0.4 is 15.4 Å². The maximum absolute atomic E-state index is 12.9. The van der Waals surface area contributed by atoms with Crippen LogP contribution in [-0.4, -0.2) is 16.8 Å². The average molecular weight is 464 g/mol. The van der Waals surface area contributed by atoms with E-state index in [4.69, 9.17) is 4.74 Å². The fourth-order valence-electron chi connectivity index (χ4n) is 4.24. The Balaban J connectivity index is 1.28.